The molecule has 0 atom stereocenters. The molecule has 0 saturated heterocycles. The Balaban J connectivity index is 2.31. The predicted octanol–water partition coefficient (Wildman–Crippen LogP) is 3.18. The Kier molecular flexibility index (Phi) is 3.76. The van der Waals surface area contributed by atoms with E-state index in [9.17, 15) is 9.59 Å². The van der Waals surface area contributed by atoms with Gasteiger partial charge in [0.2, 0.25) is 5.91 Å². The zero-order valence-electron chi connectivity index (χ0n) is 10.9. The van der Waals surface area contributed by atoms with Crippen molar-refractivity contribution in [1.29, 1.82) is 0 Å². The lowest BCUT2D eigenvalue weighted by atomic mass is 9.99. The summed E-state index contributed by atoms with van der Waals surface area (Å²) in [5.41, 5.74) is 2.87. The Morgan fingerprint density at radius 2 is 1.68 bits per heavy atom. The molecule has 0 saturated carbocycles. The maximum Gasteiger partial charge on any atom is 0.221 e. The van der Waals surface area contributed by atoms with Gasteiger partial charge in [0, 0.05) is 23.7 Å². The molecule has 0 aliphatic rings. The third-order valence-corrected chi connectivity index (χ3v) is 2.83. The molecule has 3 nitrogen and oxygen atoms in total. The summed E-state index contributed by atoms with van der Waals surface area (Å²) in [6.45, 7) is 3.32. The van der Waals surface area contributed by atoms with Gasteiger partial charge in [0.1, 0.15) is 0 Å². The minimum Gasteiger partial charge on any atom is -0.326 e. The zero-order chi connectivity index (χ0) is 13.8. The van der Waals surface area contributed by atoms with Crippen molar-refractivity contribution in [3.63, 3.8) is 0 Å². The first-order chi connectivity index (χ1) is 9.08. The minimum absolute atomic E-state index is 0.00697. The summed E-state index contributed by atoms with van der Waals surface area (Å²) in [5.74, 6) is -0.131. The van der Waals surface area contributed by atoms with Crippen LogP contribution in [0.5, 0.6) is 0 Å². The maximum absolute atomic E-state index is 12.3. The maximum atomic E-state index is 12.3. The van der Waals surface area contributed by atoms with E-state index < -0.39 is 0 Å². The van der Waals surface area contributed by atoms with E-state index in [1.807, 2.05) is 25.1 Å². The molecule has 1 amide bonds. The Bertz CT molecular complexity index is 618. The van der Waals surface area contributed by atoms with E-state index in [0.717, 1.165) is 5.56 Å². The van der Waals surface area contributed by atoms with Crippen molar-refractivity contribution in [2.45, 2.75) is 13.8 Å². The first-order valence-electron chi connectivity index (χ1n) is 6.06. The van der Waals surface area contributed by atoms with Crippen molar-refractivity contribution in [2.75, 3.05) is 5.32 Å². The molecule has 0 fully saturated rings. The number of nitrogens with one attached hydrogen (secondary N) is 1. The van der Waals surface area contributed by atoms with Crippen LogP contribution in [-0.2, 0) is 4.79 Å². The number of carbonyl (C=O) groups is 2. The molecule has 2 aromatic rings. The van der Waals surface area contributed by atoms with Crippen molar-refractivity contribution >= 4 is 17.4 Å². The number of ketones is 1. The molecule has 2 aromatic carbocycles. The molecule has 0 spiro atoms. The normalized spacial score (nSPS) is 10.0. The fourth-order valence-corrected chi connectivity index (χ4v) is 1.94. The Hall–Kier alpha value is -2.42. The van der Waals surface area contributed by atoms with Crippen molar-refractivity contribution in [3.8, 4) is 0 Å². The van der Waals surface area contributed by atoms with Gasteiger partial charge in [-0.25, -0.2) is 0 Å². The highest BCUT2D eigenvalue weighted by Gasteiger charge is 2.11. The van der Waals surface area contributed by atoms with Crippen LogP contribution in [0.15, 0.2) is 48.5 Å². The van der Waals surface area contributed by atoms with Gasteiger partial charge in [-0.3, -0.25) is 9.59 Å². The van der Waals surface area contributed by atoms with Crippen LogP contribution < -0.4 is 5.32 Å². The Morgan fingerprint density at radius 3 is 2.26 bits per heavy atom. The molecule has 3 heteroatoms. The third-order valence-electron chi connectivity index (χ3n) is 2.83. The van der Waals surface area contributed by atoms with Crippen molar-refractivity contribution in [3.05, 3.63) is 65.2 Å². The second kappa shape index (κ2) is 5.48. The second-order valence-corrected chi connectivity index (χ2v) is 4.41. The fourth-order valence-electron chi connectivity index (χ4n) is 1.94. The van der Waals surface area contributed by atoms with Crippen molar-refractivity contribution < 1.29 is 9.59 Å². The van der Waals surface area contributed by atoms with Crippen LogP contribution in [0.25, 0.3) is 0 Å². The number of carbonyl (C=O) groups excluding carboxylic acids is 2. The van der Waals surface area contributed by atoms with E-state index in [0.29, 0.717) is 16.8 Å². The van der Waals surface area contributed by atoms with Gasteiger partial charge in [-0.1, -0.05) is 30.3 Å². The standard InChI is InChI=1S/C16H15NO2/c1-11-10-14(17-12(2)18)8-9-15(11)16(19)13-6-4-3-5-7-13/h3-10H,1-2H3,(H,17,18). The molecule has 0 aliphatic heterocycles. The lowest BCUT2D eigenvalue weighted by Crippen LogP contribution is -2.08. The molecular formula is C16H15NO2. The molecule has 0 heterocycles. The summed E-state index contributed by atoms with van der Waals surface area (Å²) in [6.07, 6.45) is 0. The first-order valence-corrected chi connectivity index (χ1v) is 6.06. The molecular weight excluding hydrogens is 238 g/mol. The highest BCUT2D eigenvalue weighted by Crippen LogP contribution is 2.18. The van der Waals surface area contributed by atoms with E-state index >= 15 is 0 Å². The number of hydrogen-bond donors (Lipinski definition) is 1. The van der Waals surface area contributed by atoms with Gasteiger partial charge < -0.3 is 5.32 Å². The van der Waals surface area contributed by atoms with Crippen molar-refractivity contribution in [2.24, 2.45) is 0 Å². The van der Waals surface area contributed by atoms with Crippen LogP contribution in [0, 0.1) is 6.92 Å². The number of rotatable bonds is 3. The van der Waals surface area contributed by atoms with Crippen LogP contribution in [0.3, 0.4) is 0 Å². The topological polar surface area (TPSA) is 46.2 Å². The van der Waals surface area contributed by atoms with Gasteiger partial charge in [0.05, 0.1) is 0 Å². The third kappa shape index (κ3) is 3.07. The van der Waals surface area contributed by atoms with Gasteiger partial charge >= 0.3 is 0 Å². The van der Waals surface area contributed by atoms with Crippen LogP contribution in [-0.4, -0.2) is 11.7 Å². The number of amides is 1. The van der Waals surface area contributed by atoms with Gasteiger partial charge in [-0.15, -0.1) is 0 Å². The van der Waals surface area contributed by atoms with Gasteiger partial charge in [0.25, 0.3) is 0 Å². The molecule has 0 aromatic heterocycles. The van der Waals surface area contributed by atoms with Crippen LogP contribution in [0.4, 0.5) is 5.69 Å². The van der Waals surface area contributed by atoms with Gasteiger partial charge in [0.15, 0.2) is 5.78 Å². The molecule has 2 rings (SSSR count). The SMILES string of the molecule is CC(=O)Nc1ccc(C(=O)c2ccccc2)c(C)c1. The Morgan fingerprint density at radius 1 is 1.00 bits per heavy atom. The zero-order valence-corrected chi connectivity index (χ0v) is 10.9. The Labute approximate surface area is 112 Å². The highest BCUT2D eigenvalue weighted by molar-refractivity contribution is 6.10. The number of benzene rings is 2. The molecule has 0 aliphatic carbocycles. The summed E-state index contributed by atoms with van der Waals surface area (Å²) in [7, 11) is 0. The number of anilines is 1. The van der Waals surface area contributed by atoms with Crippen molar-refractivity contribution in [1.82, 2.24) is 0 Å². The molecule has 96 valence electrons. The van der Waals surface area contributed by atoms with E-state index in [1.54, 1.807) is 30.3 Å². The largest absolute Gasteiger partial charge is 0.326 e. The van der Waals surface area contributed by atoms with Crippen LogP contribution in [0.2, 0.25) is 0 Å². The monoisotopic (exact) mass is 253 g/mol. The van der Waals surface area contributed by atoms with Crippen LogP contribution in [0.1, 0.15) is 28.4 Å². The summed E-state index contributed by atoms with van der Waals surface area (Å²) < 4.78 is 0. The average Bonchev–Trinajstić information content (AvgIpc) is 2.38. The minimum atomic E-state index is -0.124. The lowest BCUT2D eigenvalue weighted by molar-refractivity contribution is -0.114. The van der Waals surface area contributed by atoms with E-state index in [-0.39, 0.29) is 11.7 Å². The van der Waals surface area contributed by atoms with E-state index in [1.165, 1.54) is 6.92 Å². The average molecular weight is 253 g/mol. The quantitative estimate of drug-likeness (QED) is 0.854. The smallest absolute Gasteiger partial charge is 0.221 e. The summed E-state index contributed by atoms with van der Waals surface area (Å²) in [6, 6.07) is 14.4. The molecule has 1 N–H and O–H groups in total. The number of aryl methyl sites for hydroxylation is 1. The molecule has 19 heavy (non-hydrogen) atoms. The second-order valence-electron chi connectivity index (χ2n) is 4.41. The fraction of sp³-hybridized carbons (Fsp3) is 0.125. The lowest BCUT2D eigenvalue weighted by Gasteiger charge is -2.08. The molecule has 0 unspecified atom stereocenters. The van der Waals surface area contributed by atoms with Gasteiger partial charge in [-0.2, -0.15) is 0 Å². The summed E-state index contributed by atoms with van der Waals surface area (Å²) >= 11 is 0. The highest BCUT2D eigenvalue weighted by atomic mass is 16.1. The van der Waals surface area contributed by atoms with Gasteiger partial charge in [-0.05, 0) is 30.7 Å². The molecule has 0 bridgehead atoms. The first kappa shape index (κ1) is 13.0. The number of hydrogen-bond acceptors (Lipinski definition) is 2. The molecule has 0 radical (unpaired) electrons. The van der Waals surface area contributed by atoms with Crippen LogP contribution >= 0.6 is 0 Å². The summed E-state index contributed by atoms with van der Waals surface area (Å²) in [4.78, 5) is 23.3. The summed E-state index contributed by atoms with van der Waals surface area (Å²) in [5, 5.41) is 2.70. The predicted molar refractivity (Wildman–Crippen MR) is 75.4 cm³/mol. The van der Waals surface area contributed by atoms with E-state index in [2.05, 4.69) is 5.32 Å². The van der Waals surface area contributed by atoms with E-state index in [4.69, 9.17) is 0 Å².